The first-order valence-electron chi connectivity index (χ1n) is 7.57. The summed E-state index contributed by atoms with van der Waals surface area (Å²) in [6.07, 6.45) is 6.50. The van der Waals surface area contributed by atoms with Crippen LogP contribution in [-0.4, -0.2) is 10.9 Å². The first-order valence-corrected chi connectivity index (χ1v) is 7.57. The summed E-state index contributed by atoms with van der Waals surface area (Å²) in [7, 11) is 0. The molecule has 0 aliphatic rings. The molecule has 1 aromatic carbocycles. The maximum absolute atomic E-state index is 11.5. The lowest BCUT2D eigenvalue weighted by Gasteiger charge is -1.99. The van der Waals surface area contributed by atoms with Crippen LogP contribution in [0, 0.1) is 0 Å². The second-order valence-corrected chi connectivity index (χ2v) is 5.19. The van der Waals surface area contributed by atoms with Gasteiger partial charge in [0.1, 0.15) is 5.76 Å². The van der Waals surface area contributed by atoms with Crippen LogP contribution in [0.5, 0.6) is 0 Å². The predicted octanol–water partition coefficient (Wildman–Crippen LogP) is 3.95. The lowest BCUT2D eigenvalue weighted by Crippen LogP contribution is -2.13. The van der Waals surface area contributed by atoms with Crippen LogP contribution in [0.1, 0.15) is 55.3 Å². The fourth-order valence-corrected chi connectivity index (χ4v) is 2.31. The van der Waals surface area contributed by atoms with E-state index in [-0.39, 0.29) is 5.69 Å². The number of primary amides is 1. The minimum absolute atomic E-state index is 0.268. The van der Waals surface area contributed by atoms with Crippen molar-refractivity contribution in [3.8, 4) is 11.5 Å². The standard InChI is InChI=1S/C17H22N2O2/c1-2-3-4-5-9-12-14-15(16(18)20)19-17(21-14)13-10-7-6-8-11-13/h6-8,10-11H,2-5,9,12H2,1H3,(H2,18,20). The summed E-state index contributed by atoms with van der Waals surface area (Å²) in [4.78, 5) is 15.8. The summed E-state index contributed by atoms with van der Waals surface area (Å²) in [6.45, 7) is 2.19. The summed E-state index contributed by atoms with van der Waals surface area (Å²) in [5.74, 6) is 0.551. The van der Waals surface area contributed by atoms with E-state index in [2.05, 4.69) is 11.9 Å². The third-order valence-corrected chi connectivity index (χ3v) is 3.46. The molecule has 0 aliphatic heterocycles. The van der Waals surface area contributed by atoms with E-state index < -0.39 is 5.91 Å². The Morgan fingerprint density at radius 1 is 1.14 bits per heavy atom. The number of carbonyl (C=O) groups is 1. The fraction of sp³-hybridized carbons (Fsp3) is 0.412. The van der Waals surface area contributed by atoms with E-state index in [9.17, 15) is 4.79 Å². The van der Waals surface area contributed by atoms with Crippen LogP contribution in [0.2, 0.25) is 0 Å². The Kier molecular flexibility index (Phi) is 5.55. The van der Waals surface area contributed by atoms with Crippen molar-refractivity contribution in [3.05, 3.63) is 41.8 Å². The second kappa shape index (κ2) is 7.62. The van der Waals surface area contributed by atoms with Crippen molar-refractivity contribution in [3.63, 3.8) is 0 Å². The first kappa shape index (κ1) is 15.3. The molecule has 4 heteroatoms. The maximum atomic E-state index is 11.5. The number of carbonyl (C=O) groups excluding carboxylic acids is 1. The maximum Gasteiger partial charge on any atom is 0.270 e. The molecule has 112 valence electrons. The molecule has 0 radical (unpaired) electrons. The summed E-state index contributed by atoms with van der Waals surface area (Å²) < 4.78 is 5.76. The van der Waals surface area contributed by atoms with Gasteiger partial charge in [-0.1, -0.05) is 50.8 Å². The van der Waals surface area contributed by atoms with Gasteiger partial charge in [0.25, 0.3) is 5.91 Å². The molecule has 0 bridgehead atoms. The van der Waals surface area contributed by atoms with Crippen LogP contribution in [0.15, 0.2) is 34.7 Å². The van der Waals surface area contributed by atoms with Crippen molar-refractivity contribution in [1.82, 2.24) is 4.98 Å². The predicted molar refractivity (Wildman–Crippen MR) is 82.9 cm³/mol. The highest BCUT2D eigenvalue weighted by Crippen LogP contribution is 2.23. The molecule has 0 unspecified atom stereocenters. The molecule has 4 nitrogen and oxygen atoms in total. The Labute approximate surface area is 125 Å². The molecule has 0 saturated heterocycles. The van der Waals surface area contributed by atoms with E-state index in [1.165, 1.54) is 19.3 Å². The average Bonchev–Trinajstić information content (AvgIpc) is 2.92. The van der Waals surface area contributed by atoms with Crippen LogP contribution in [0.4, 0.5) is 0 Å². The highest BCUT2D eigenvalue weighted by molar-refractivity contribution is 5.92. The van der Waals surface area contributed by atoms with Gasteiger partial charge in [-0.3, -0.25) is 4.79 Å². The van der Waals surface area contributed by atoms with Crippen molar-refractivity contribution < 1.29 is 9.21 Å². The molecule has 2 rings (SSSR count). The van der Waals surface area contributed by atoms with Gasteiger partial charge >= 0.3 is 0 Å². The van der Waals surface area contributed by atoms with E-state index in [4.69, 9.17) is 10.2 Å². The van der Waals surface area contributed by atoms with Gasteiger partial charge in [0.05, 0.1) is 0 Å². The quantitative estimate of drug-likeness (QED) is 0.747. The van der Waals surface area contributed by atoms with Gasteiger partial charge in [-0.25, -0.2) is 4.98 Å². The van der Waals surface area contributed by atoms with E-state index in [0.717, 1.165) is 18.4 Å². The van der Waals surface area contributed by atoms with Crippen LogP contribution in [-0.2, 0) is 6.42 Å². The van der Waals surface area contributed by atoms with Gasteiger partial charge in [-0.05, 0) is 18.6 Å². The first-order chi connectivity index (χ1) is 10.2. The molecule has 0 fully saturated rings. The highest BCUT2D eigenvalue weighted by Gasteiger charge is 2.18. The number of amides is 1. The Hall–Kier alpha value is -2.10. The zero-order valence-electron chi connectivity index (χ0n) is 12.5. The third-order valence-electron chi connectivity index (χ3n) is 3.46. The number of aromatic nitrogens is 1. The number of rotatable bonds is 8. The molecule has 2 aromatic rings. The molecule has 21 heavy (non-hydrogen) atoms. The molecule has 0 aliphatic carbocycles. The monoisotopic (exact) mass is 286 g/mol. The third kappa shape index (κ3) is 4.18. The van der Waals surface area contributed by atoms with Crippen molar-refractivity contribution in [2.24, 2.45) is 5.73 Å². The van der Waals surface area contributed by atoms with E-state index >= 15 is 0 Å². The van der Waals surface area contributed by atoms with E-state index in [1.54, 1.807) is 0 Å². The van der Waals surface area contributed by atoms with Crippen LogP contribution in [0.25, 0.3) is 11.5 Å². The smallest absolute Gasteiger partial charge is 0.270 e. The zero-order valence-corrected chi connectivity index (χ0v) is 12.5. The number of benzene rings is 1. The van der Waals surface area contributed by atoms with Crippen LogP contribution in [0.3, 0.4) is 0 Å². The van der Waals surface area contributed by atoms with Gasteiger partial charge < -0.3 is 10.2 Å². The number of nitrogens with two attached hydrogens (primary N) is 1. The average molecular weight is 286 g/mol. The molecule has 2 N–H and O–H groups in total. The second-order valence-electron chi connectivity index (χ2n) is 5.19. The Balaban J connectivity index is 2.09. The minimum atomic E-state index is -0.524. The lowest BCUT2D eigenvalue weighted by molar-refractivity contribution is 0.0994. The topological polar surface area (TPSA) is 69.1 Å². The Bertz CT molecular complexity index is 576. The van der Waals surface area contributed by atoms with Crippen molar-refractivity contribution in [2.75, 3.05) is 0 Å². The number of unbranched alkanes of at least 4 members (excludes halogenated alkanes) is 4. The van der Waals surface area contributed by atoms with Crippen molar-refractivity contribution in [2.45, 2.75) is 45.4 Å². The lowest BCUT2D eigenvalue weighted by atomic mass is 10.1. The summed E-state index contributed by atoms with van der Waals surface area (Å²) >= 11 is 0. The summed E-state index contributed by atoms with van der Waals surface area (Å²) in [5.41, 5.74) is 6.52. The van der Waals surface area contributed by atoms with Gasteiger partial charge in [0.2, 0.25) is 5.89 Å². The van der Waals surface area contributed by atoms with Crippen LogP contribution < -0.4 is 5.73 Å². The highest BCUT2D eigenvalue weighted by atomic mass is 16.4. The molecule has 1 amide bonds. The molecule has 0 atom stereocenters. The largest absolute Gasteiger partial charge is 0.440 e. The number of hydrogen-bond donors (Lipinski definition) is 1. The molecular weight excluding hydrogens is 264 g/mol. The minimum Gasteiger partial charge on any atom is -0.440 e. The molecule has 1 heterocycles. The molecular formula is C17H22N2O2. The van der Waals surface area contributed by atoms with Gasteiger partial charge in [-0.15, -0.1) is 0 Å². The number of oxazole rings is 1. The zero-order chi connectivity index (χ0) is 15.1. The Morgan fingerprint density at radius 2 is 1.86 bits per heavy atom. The van der Waals surface area contributed by atoms with Gasteiger partial charge in [-0.2, -0.15) is 0 Å². The SMILES string of the molecule is CCCCCCCc1oc(-c2ccccc2)nc1C(N)=O. The molecule has 0 spiro atoms. The van der Waals surface area contributed by atoms with Gasteiger partial charge in [0.15, 0.2) is 5.69 Å². The van der Waals surface area contributed by atoms with Crippen molar-refractivity contribution in [1.29, 1.82) is 0 Å². The summed E-state index contributed by atoms with van der Waals surface area (Å²) in [6, 6.07) is 9.56. The Morgan fingerprint density at radius 3 is 2.52 bits per heavy atom. The number of hydrogen-bond acceptors (Lipinski definition) is 3. The van der Waals surface area contributed by atoms with Crippen molar-refractivity contribution >= 4 is 5.91 Å². The van der Waals surface area contributed by atoms with Gasteiger partial charge in [0, 0.05) is 12.0 Å². The summed E-state index contributed by atoms with van der Waals surface area (Å²) in [5, 5.41) is 0. The fourth-order valence-electron chi connectivity index (χ4n) is 2.31. The molecule has 1 aromatic heterocycles. The van der Waals surface area contributed by atoms with Crippen LogP contribution >= 0.6 is 0 Å². The molecule has 0 saturated carbocycles. The van der Waals surface area contributed by atoms with E-state index in [0.29, 0.717) is 18.1 Å². The number of nitrogens with zero attached hydrogens (tertiary/aromatic N) is 1. The van der Waals surface area contributed by atoms with E-state index in [1.807, 2.05) is 30.3 Å². The normalized spacial score (nSPS) is 10.7. The number of aryl methyl sites for hydroxylation is 1.